The van der Waals surface area contributed by atoms with Gasteiger partial charge in [0, 0.05) is 13.6 Å². The van der Waals surface area contributed by atoms with Crippen molar-refractivity contribution in [2.24, 2.45) is 0 Å². The van der Waals surface area contributed by atoms with Gasteiger partial charge >= 0.3 is 17.9 Å². The van der Waals surface area contributed by atoms with Crippen molar-refractivity contribution in [2.45, 2.75) is 44.9 Å². The molecule has 11 heteroatoms. The number of hydrogen-bond acceptors (Lipinski definition) is 9. The summed E-state index contributed by atoms with van der Waals surface area (Å²) in [5, 5.41) is 9.62. The first-order valence-electron chi connectivity index (χ1n) is 9.16. The topological polar surface area (TPSA) is 135 Å². The number of carbonyl (C=O) groups excluding carboxylic acids is 2. The molecule has 10 nitrogen and oxygen atoms in total. The molecule has 166 valence electrons. The van der Waals surface area contributed by atoms with Crippen molar-refractivity contribution >= 4 is 25.3 Å². The van der Waals surface area contributed by atoms with Gasteiger partial charge in [0.15, 0.2) is 11.7 Å². The predicted octanol–water partition coefficient (Wildman–Crippen LogP) is 2.26. The number of carboxylic acid groups (broad SMARTS) is 1. The molecular weight excluding hydrogens is 419 g/mol. The largest absolute Gasteiger partial charge is 0.479 e. The fourth-order valence-corrected chi connectivity index (χ4v) is 4.04. The van der Waals surface area contributed by atoms with E-state index >= 15 is 0 Å². The SMILES string of the molecule is CCOP(C)(=O)CO[C@H]1O[C@@H](C(=O)O)[C@](C)(OC(=O)c2ccccc2)C1OC(C)=O. The van der Waals surface area contributed by atoms with Gasteiger partial charge in [-0.1, -0.05) is 18.2 Å². The average Bonchev–Trinajstić information content (AvgIpc) is 2.92. The van der Waals surface area contributed by atoms with E-state index in [-0.39, 0.29) is 12.2 Å². The van der Waals surface area contributed by atoms with Crippen LogP contribution in [0.5, 0.6) is 0 Å². The highest BCUT2D eigenvalue weighted by Crippen LogP contribution is 2.45. The van der Waals surface area contributed by atoms with Crippen LogP contribution in [0.1, 0.15) is 31.1 Å². The molecule has 2 rings (SSSR count). The number of hydrogen-bond donors (Lipinski definition) is 1. The van der Waals surface area contributed by atoms with Crippen molar-refractivity contribution < 1.29 is 47.5 Å². The lowest BCUT2D eigenvalue weighted by atomic mass is 9.94. The first-order valence-corrected chi connectivity index (χ1v) is 11.4. The lowest BCUT2D eigenvalue weighted by Crippen LogP contribution is -2.53. The van der Waals surface area contributed by atoms with Crippen LogP contribution in [0.2, 0.25) is 0 Å². The lowest BCUT2D eigenvalue weighted by molar-refractivity contribution is -0.186. The Labute approximate surface area is 173 Å². The molecule has 30 heavy (non-hydrogen) atoms. The fourth-order valence-electron chi connectivity index (χ4n) is 3.01. The summed E-state index contributed by atoms with van der Waals surface area (Å²) in [6.45, 7) is 5.56. The van der Waals surface area contributed by atoms with Crippen LogP contribution in [-0.4, -0.2) is 66.7 Å². The third kappa shape index (κ3) is 5.66. The smallest absolute Gasteiger partial charge is 0.338 e. The molecule has 5 atom stereocenters. The number of esters is 2. The van der Waals surface area contributed by atoms with E-state index in [0.29, 0.717) is 0 Å². The van der Waals surface area contributed by atoms with Crippen LogP contribution < -0.4 is 0 Å². The van der Waals surface area contributed by atoms with Crippen LogP contribution >= 0.6 is 7.37 Å². The second-order valence-electron chi connectivity index (χ2n) is 6.92. The fraction of sp³-hybridized carbons (Fsp3) is 0.526. The molecule has 0 aliphatic carbocycles. The zero-order valence-corrected chi connectivity index (χ0v) is 18.0. The maximum absolute atomic E-state index is 12.6. The minimum absolute atomic E-state index is 0.170. The van der Waals surface area contributed by atoms with Crippen molar-refractivity contribution in [2.75, 3.05) is 19.6 Å². The Hall–Kier alpha value is -2.26. The Morgan fingerprint density at radius 3 is 2.40 bits per heavy atom. The van der Waals surface area contributed by atoms with E-state index in [4.69, 9.17) is 23.5 Å². The molecule has 0 spiro atoms. The minimum Gasteiger partial charge on any atom is -0.479 e. The summed E-state index contributed by atoms with van der Waals surface area (Å²) >= 11 is 0. The van der Waals surface area contributed by atoms with Gasteiger partial charge in [-0.05, 0) is 26.0 Å². The summed E-state index contributed by atoms with van der Waals surface area (Å²) in [5.41, 5.74) is -1.75. The number of rotatable bonds is 9. The Balaban J connectivity index is 2.33. The Bertz CT molecular complexity index is 826. The van der Waals surface area contributed by atoms with Crippen molar-refractivity contribution in [3.8, 4) is 0 Å². The van der Waals surface area contributed by atoms with Crippen molar-refractivity contribution in [3.05, 3.63) is 35.9 Å². The normalized spacial score (nSPS) is 27.8. The summed E-state index contributed by atoms with van der Waals surface area (Å²) in [7, 11) is -3.16. The zero-order chi connectivity index (χ0) is 22.5. The summed E-state index contributed by atoms with van der Waals surface area (Å²) in [5.74, 6) is -3.05. The molecule has 1 aliphatic rings. The molecule has 0 amide bonds. The van der Waals surface area contributed by atoms with E-state index in [1.807, 2.05) is 0 Å². The van der Waals surface area contributed by atoms with Gasteiger partial charge in [0.2, 0.25) is 19.8 Å². The van der Waals surface area contributed by atoms with Crippen molar-refractivity contribution in [1.29, 1.82) is 0 Å². The Morgan fingerprint density at radius 1 is 1.23 bits per heavy atom. The number of benzene rings is 1. The van der Waals surface area contributed by atoms with Crippen molar-refractivity contribution in [1.82, 2.24) is 0 Å². The van der Waals surface area contributed by atoms with Gasteiger partial charge in [-0.2, -0.15) is 0 Å². The molecule has 0 aromatic heterocycles. The summed E-state index contributed by atoms with van der Waals surface area (Å²) in [4.78, 5) is 36.1. The highest BCUT2D eigenvalue weighted by molar-refractivity contribution is 7.57. The Morgan fingerprint density at radius 2 is 1.87 bits per heavy atom. The van der Waals surface area contributed by atoms with Crippen LogP contribution in [0.4, 0.5) is 0 Å². The molecule has 1 heterocycles. The lowest BCUT2D eigenvalue weighted by Gasteiger charge is -2.32. The molecule has 1 aromatic carbocycles. The zero-order valence-electron chi connectivity index (χ0n) is 17.1. The molecule has 1 aliphatic heterocycles. The number of carbonyl (C=O) groups is 3. The first-order chi connectivity index (χ1) is 14.0. The molecule has 1 fully saturated rings. The number of aliphatic carboxylic acids is 1. The number of ether oxygens (including phenoxy) is 4. The minimum atomic E-state index is -3.16. The first kappa shape index (κ1) is 24.0. The van der Waals surface area contributed by atoms with Gasteiger partial charge in [0.25, 0.3) is 0 Å². The van der Waals surface area contributed by atoms with Gasteiger partial charge in [0.05, 0.1) is 12.2 Å². The maximum atomic E-state index is 12.6. The predicted molar refractivity (Wildman–Crippen MR) is 103 cm³/mol. The third-order valence-corrected chi connectivity index (χ3v) is 5.74. The quantitative estimate of drug-likeness (QED) is 0.446. The van der Waals surface area contributed by atoms with E-state index in [0.717, 1.165) is 6.92 Å². The molecule has 1 aromatic rings. The highest BCUT2D eigenvalue weighted by atomic mass is 31.2. The van der Waals surface area contributed by atoms with E-state index in [2.05, 4.69) is 0 Å². The molecular formula is C19H25O10P. The third-order valence-electron chi connectivity index (χ3n) is 4.32. The molecule has 0 radical (unpaired) electrons. The molecule has 0 saturated carbocycles. The average molecular weight is 444 g/mol. The summed E-state index contributed by atoms with van der Waals surface area (Å²) < 4.78 is 39.0. The van der Waals surface area contributed by atoms with Gasteiger partial charge < -0.3 is 28.6 Å². The second-order valence-corrected chi connectivity index (χ2v) is 9.46. The Kier molecular flexibility index (Phi) is 7.76. The van der Waals surface area contributed by atoms with Crippen LogP contribution in [0.25, 0.3) is 0 Å². The van der Waals surface area contributed by atoms with Crippen LogP contribution in [0, 0.1) is 0 Å². The van der Waals surface area contributed by atoms with Crippen LogP contribution in [0.3, 0.4) is 0 Å². The van der Waals surface area contributed by atoms with E-state index in [9.17, 15) is 24.1 Å². The second kappa shape index (κ2) is 9.70. The molecule has 2 unspecified atom stereocenters. The number of carboxylic acids is 1. The van der Waals surface area contributed by atoms with Gasteiger partial charge in [-0.25, -0.2) is 9.59 Å². The van der Waals surface area contributed by atoms with Crippen molar-refractivity contribution in [3.63, 3.8) is 0 Å². The monoisotopic (exact) mass is 444 g/mol. The molecule has 1 N–H and O–H groups in total. The standard InChI is InChI=1S/C19H25O10P/c1-5-26-30(4,24)11-25-18-15(27-12(2)20)19(3,14(28-18)16(21)22)29-17(23)13-9-7-6-8-10-13/h6-10,14-15,18H,5,11H2,1-4H3,(H,21,22)/t14-,15?,18-,19-,30?/m0/s1. The highest BCUT2D eigenvalue weighted by Gasteiger charge is 2.62. The van der Waals surface area contributed by atoms with E-state index in [1.165, 1.54) is 25.7 Å². The van der Waals surface area contributed by atoms with E-state index in [1.54, 1.807) is 25.1 Å². The van der Waals surface area contributed by atoms with Gasteiger partial charge in [0.1, 0.15) is 6.35 Å². The maximum Gasteiger partial charge on any atom is 0.338 e. The molecule has 0 bridgehead atoms. The summed E-state index contributed by atoms with van der Waals surface area (Å²) in [6, 6.07) is 7.90. The summed E-state index contributed by atoms with van der Waals surface area (Å²) in [6.07, 6.45) is -5.00. The van der Waals surface area contributed by atoms with Gasteiger partial charge in [-0.3, -0.25) is 9.36 Å². The van der Waals surface area contributed by atoms with Crippen LogP contribution in [-0.2, 0) is 37.6 Å². The van der Waals surface area contributed by atoms with Crippen LogP contribution in [0.15, 0.2) is 30.3 Å². The molecule has 1 saturated heterocycles. The van der Waals surface area contributed by atoms with E-state index < -0.39 is 55.7 Å². The van der Waals surface area contributed by atoms with Gasteiger partial charge in [-0.15, -0.1) is 0 Å².